The van der Waals surface area contributed by atoms with Crippen LogP contribution in [0.1, 0.15) is 29.6 Å². The Balaban J connectivity index is 1.94. The number of carboxylic acids is 1. The van der Waals surface area contributed by atoms with Gasteiger partial charge in [0.25, 0.3) is 5.91 Å². The summed E-state index contributed by atoms with van der Waals surface area (Å²) in [6, 6.07) is 6.85. The van der Waals surface area contributed by atoms with Crippen LogP contribution in [-0.2, 0) is 4.79 Å². The fourth-order valence-corrected chi connectivity index (χ4v) is 2.63. The SMILES string of the molecule is Nc1ccccc1C(=O)NCC1CCCC1C(=O)O. The first-order valence-electron chi connectivity index (χ1n) is 6.45. The summed E-state index contributed by atoms with van der Waals surface area (Å²) < 4.78 is 0. The van der Waals surface area contributed by atoms with Gasteiger partial charge in [-0.05, 0) is 30.9 Å². The van der Waals surface area contributed by atoms with Gasteiger partial charge in [0.1, 0.15) is 0 Å². The largest absolute Gasteiger partial charge is 0.481 e. The van der Waals surface area contributed by atoms with Gasteiger partial charge in [-0.1, -0.05) is 18.6 Å². The minimum Gasteiger partial charge on any atom is -0.481 e. The molecule has 0 aliphatic heterocycles. The average molecular weight is 262 g/mol. The van der Waals surface area contributed by atoms with Crippen molar-refractivity contribution in [1.82, 2.24) is 5.32 Å². The van der Waals surface area contributed by atoms with Gasteiger partial charge in [0.2, 0.25) is 0 Å². The second-order valence-corrected chi connectivity index (χ2v) is 4.93. The summed E-state index contributed by atoms with van der Waals surface area (Å²) in [7, 11) is 0. The fraction of sp³-hybridized carbons (Fsp3) is 0.429. The lowest BCUT2D eigenvalue weighted by molar-refractivity contribution is -0.142. The normalized spacial score (nSPS) is 22.1. The summed E-state index contributed by atoms with van der Waals surface area (Å²) >= 11 is 0. The second kappa shape index (κ2) is 5.73. The summed E-state index contributed by atoms with van der Waals surface area (Å²) in [4.78, 5) is 23.0. The number of amides is 1. The van der Waals surface area contributed by atoms with Crippen LogP contribution in [0.4, 0.5) is 5.69 Å². The van der Waals surface area contributed by atoms with Crippen molar-refractivity contribution >= 4 is 17.6 Å². The zero-order chi connectivity index (χ0) is 13.8. The lowest BCUT2D eigenvalue weighted by Gasteiger charge is -2.16. The highest BCUT2D eigenvalue weighted by Crippen LogP contribution is 2.31. The van der Waals surface area contributed by atoms with Crippen LogP contribution in [0.5, 0.6) is 0 Å². The Hall–Kier alpha value is -2.04. The lowest BCUT2D eigenvalue weighted by Crippen LogP contribution is -2.33. The van der Waals surface area contributed by atoms with E-state index in [1.54, 1.807) is 24.3 Å². The van der Waals surface area contributed by atoms with Crippen molar-refractivity contribution in [2.24, 2.45) is 11.8 Å². The van der Waals surface area contributed by atoms with Gasteiger partial charge in [-0.25, -0.2) is 0 Å². The molecule has 5 heteroatoms. The molecule has 0 spiro atoms. The molecule has 1 fully saturated rings. The molecule has 1 amide bonds. The van der Waals surface area contributed by atoms with Crippen LogP contribution in [0.15, 0.2) is 24.3 Å². The number of carbonyl (C=O) groups excluding carboxylic acids is 1. The van der Waals surface area contributed by atoms with Crippen molar-refractivity contribution in [3.8, 4) is 0 Å². The molecule has 0 heterocycles. The van der Waals surface area contributed by atoms with Crippen molar-refractivity contribution in [1.29, 1.82) is 0 Å². The maximum absolute atomic E-state index is 12.0. The van der Waals surface area contributed by atoms with E-state index in [-0.39, 0.29) is 17.7 Å². The molecule has 1 aromatic carbocycles. The van der Waals surface area contributed by atoms with Crippen LogP contribution in [0, 0.1) is 11.8 Å². The predicted molar refractivity (Wildman–Crippen MR) is 71.7 cm³/mol. The summed E-state index contributed by atoms with van der Waals surface area (Å²) in [5.74, 6) is -1.33. The van der Waals surface area contributed by atoms with Crippen molar-refractivity contribution in [3.05, 3.63) is 29.8 Å². The molecule has 0 radical (unpaired) electrons. The van der Waals surface area contributed by atoms with E-state index in [9.17, 15) is 9.59 Å². The molecular weight excluding hydrogens is 244 g/mol. The van der Waals surface area contributed by atoms with Crippen LogP contribution >= 0.6 is 0 Å². The number of rotatable bonds is 4. The van der Waals surface area contributed by atoms with Gasteiger partial charge in [0, 0.05) is 12.2 Å². The highest BCUT2D eigenvalue weighted by Gasteiger charge is 2.32. The number of nitrogens with one attached hydrogen (secondary N) is 1. The van der Waals surface area contributed by atoms with Gasteiger partial charge in [-0.15, -0.1) is 0 Å². The third-order valence-electron chi connectivity index (χ3n) is 3.71. The van der Waals surface area contributed by atoms with Gasteiger partial charge in [-0.3, -0.25) is 9.59 Å². The average Bonchev–Trinajstić information content (AvgIpc) is 2.85. The van der Waals surface area contributed by atoms with E-state index in [0.29, 0.717) is 24.2 Å². The molecule has 0 aromatic heterocycles. The molecule has 0 saturated heterocycles. The molecule has 4 N–H and O–H groups in total. The molecule has 1 aliphatic carbocycles. The summed E-state index contributed by atoms with van der Waals surface area (Å²) in [6.07, 6.45) is 2.45. The molecule has 2 unspecified atom stereocenters. The van der Waals surface area contributed by atoms with E-state index in [0.717, 1.165) is 12.8 Å². The number of nitrogen functional groups attached to an aromatic ring is 1. The number of aliphatic carboxylic acids is 1. The first-order chi connectivity index (χ1) is 9.09. The third kappa shape index (κ3) is 3.05. The molecule has 102 valence electrons. The number of hydrogen-bond acceptors (Lipinski definition) is 3. The molecule has 2 rings (SSSR count). The Morgan fingerprint density at radius 2 is 2.05 bits per heavy atom. The Morgan fingerprint density at radius 1 is 1.32 bits per heavy atom. The highest BCUT2D eigenvalue weighted by atomic mass is 16.4. The Morgan fingerprint density at radius 3 is 2.74 bits per heavy atom. The van der Waals surface area contributed by atoms with Crippen LogP contribution in [0.3, 0.4) is 0 Å². The van der Waals surface area contributed by atoms with E-state index < -0.39 is 5.97 Å². The zero-order valence-electron chi connectivity index (χ0n) is 10.6. The van der Waals surface area contributed by atoms with Crippen molar-refractivity contribution < 1.29 is 14.7 Å². The molecule has 1 saturated carbocycles. The lowest BCUT2D eigenvalue weighted by atomic mass is 9.96. The number of hydrogen-bond donors (Lipinski definition) is 3. The molecule has 1 aliphatic rings. The standard InChI is InChI=1S/C14H18N2O3/c15-12-7-2-1-5-11(12)13(17)16-8-9-4-3-6-10(9)14(18)19/h1-2,5,7,9-10H,3-4,6,8,15H2,(H,16,17)(H,18,19). The maximum Gasteiger partial charge on any atom is 0.306 e. The first-order valence-corrected chi connectivity index (χ1v) is 6.45. The Bertz CT molecular complexity index is 487. The monoisotopic (exact) mass is 262 g/mol. The summed E-state index contributed by atoms with van der Waals surface area (Å²) in [6.45, 7) is 0.393. The number of carbonyl (C=O) groups is 2. The third-order valence-corrected chi connectivity index (χ3v) is 3.71. The van der Waals surface area contributed by atoms with Crippen molar-refractivity contribution in [2.75, 3.05) is 12.3 Å². The topological polar surface area (TPSA) is 92.4 Å². The number of benzene rings is 1. The summed E-state index contributed by atoms with van der Waals surface area (Å²) in [5, 5.41) is 11.9. The van der Waals surface area contributed by atoms with Gasteiger partial charge in [-0.2, -0.15) is 0 Å². The molecular formula is C14H18N2O3. The highest BCUT2D eigenvalue weighted by molar-refractivity contribution is 5.99. The van der Waals surface area contributed by atoms with E-state index in [2.05, 4.69) is 5.32 Å². The number of anilines is 1. The number of para-hydroxylation sites is 1. The smallest absolute Gasteiger partial charge is 0.306 e. The quantitative estimate of drug-likeness (QED) is 0.717. The molecule has 2 atom stereocenters. The van der Waals surface area contributed by atoms with Gasteiger partial charge in [0.05, 0.1) is 11.5 Å². The van der Waals surface area contributed by atoms with Crippen LogP contribution in [-0.4, -0.2) is 23.5 Å². The van der Waals surface area contributed by atoms with Crippen LogP contribution in [0.2, 0.25) is 0 Å². The van der Waals surface area contributed by atoms with Gasteiger partial charge < -0.3 is 16.2 Å². The van der Waals surface area contributed by atoms with Crippen LogP contribution in [0.25, 0.3) is 0 Å². The Kier molecular flexibility index (Phi) is 4.04. The van der Waals surface area contributed by atoms with Gasteiger partial charge >= 0.3 is 5.97 Å². The van der Waals surface area contributed by atoms with Crippen molar-refractivity contribution in [3.63, 3.8) is 0 Å². The minimum absolute atomic E-state index is 0.0198. The fourth-order valence-electron chi connectivity index (χ4n) is 2.63. The molecule has 1 aromatic rings. The molecule has 19 heavy (non-hydrogen) atoms. The Labute approximate surface area is 111 Å². The van der Waals surface area contributed by atoms with E-state index >= 15 is 0 Å². The van der Waals surface area contributed by atoms with Crippen molar-refractivity contribution in [2.45, 2.75) is 19.3 Å². The summed E-state index contributed by atoms with van der Waals surface area (Å²) in [5.41, 5.74) is 6.59. The number of carboxylic acid groups (broad SMARTS) is 1. The van der Waals surface area contributed by atoms with Gasteiger partial charge in [0.15, 0.2) is 0 Å². The van der Waals surface area contributed by atoms with E-state index in [1.165, 1.54) is 0 Å². The van der Waals surface area contributed by atoms with Crippen LogP contribution < -0.4 is 11.1 Å². The molecule has 5 nitrogen and oxygen atoms in total. The van der Waals surface area contributed by atoms with E-state index in [1.807, 2.05) is 0 Å². The number of nitrogens with two attached hydrogens (primary N) is 1. The maximum atomic E-state index is 12.0. The zero-order valence-corrected chi connectivity index (χ0v) is 10.6. The second-order valence-electron chi connectivity index (χ2n) is 4.93. The predicted octanol–water partition coefficient (Wildman–Crippen LogP) is 1.50. The first kappa shape index (κ1) is 13.4. The van der Waals surface area contributed by atoms with E-state index in [4.69, 9.17) is 10.8 Å². The minimum atomic E-state index is -0.768. The molecule has 0 bridgehead atoms.